The quantitative estimate of drug-likeness (QED) is 0.266. The van der Waals surface area contributed by atoms with E-state index in [1.807, 2.05) is 72.8 Å². The third-order valence-corrected chi connectivity index (χ3v) is 4.54. The number of halogens is 1. The van der Waals surface area contributed by atoms with Crippen molar-refractivity contribution in [1.29, 1.82) is 0 Å². The van der Waals surface area contributed by atoms with E-state index >= 15 is 0 Å². The van der Waals surface area contributed by atoms with Gasteiger partial charge in [-0.2, -0.15) is 5.10 Å². The normalized spacial score (nSPS) is 11.5. The molecule has 0 saturated heterocycles. The number of aromatic amines is 1. The van der Waals surface area contributed by atoms with Crippen LogP contribution in [0.1, 0.15) is 11.1 Å². The second-order valence-corrected chi connectivity index (χ2v) is 7.00. The molecule has 138 valence electrons. The van der Waals surface area contributed by atoms with E-state index in [9.17, 15) is 0 Å². The van der Waals surface area contributed by atoms with Crippen LogP contribution in [0.4, 0.5) is 0 Å². The van der Waals surface area contributed by atoms with Crippen molar-refractivity contribution in [1.82, 2.24) is 15.4 Å². The van der Waals surface area contributed by atoms with Crippen LogP contribution in [0.2, 0.25) is 5.02 Å². The van der Waals surface area contributed by atoms with Crippen molar-refractivity contribution in [2.75, 3.05) is 0 Å². The first-order valence-corrected chi connectivity index (χ1v) is 9.33. The summed E-state index contributed by atoms with van der Waals surface area (Å²) in [5.41, 5.74) is 13.6. The van der Waals surface area contributed by atoms with Gasteiger partial charge in [-0.05, 0) is 48.6 Å². The van der Waals surface area contributed by atoms with Gasteiger partial charge in [0.25, 0.3) is 0 Å². The van der Waals surface area contributed by atoms with Crippen LogP contribution in [-0.2, 0) is 0 Å². The molecule has 3 aromatic carbocycles. The number of hydrogen-bond donors (Lipinski definition) is 3. The molecule has 1 aromatic heterocycles. The number of nitrogens with one attached hydrogen (secondary N) is 2. The number of hydrogen-bond acceptors (Lipinski definition) is 3. The SMILES string of the molecule is NC(=S)N/N=C(/c1ccccc1)c1ccc2nc(-c3ccc(Cl)cc3)[nH]c2c1. The molecule has 0 aliphatic carbocycles. The minimum Gasteiger partial charge on any atom is -0.375 e. The average Bonchev–Trinajstić information content (AvgIpc) is 3.13. The number of benzene rings is 3. The molecule has 0 atom stereocenters. The number of nitrogens with two attached hydrogens (primary N) is 1. The first-order valence-electron chi connectivity index (χ1n) is 8.55. The molecule has 0 unspecified atom stereocenters. The Labute approximate surface area is 172 Å². The van der Waals surface area contributed by atoms with Crippen LogP contribution in [0, 0.1) is 0 Å². The van der Waals surface area contributed by atoms with Gasteiger partial charge in [0.2, 0.25) is 0 Å². The third kappa shape index (κ3) is 3.88. The van der Waals surface area contributed by atoms with Gasteiger partial charge < -0.3 is 10.7 Å². The lowest BCUT2D eigenvalue weighted by Crippen LogP contribution is -2.26. The Kier molecular flexibility index (Phi) is 5.06. The van der Waals surface area contributed by atoms with Crippen molar-refractivity contribution in [2.24, 2.45) is 10.8 Å². The standard InChI is InChI=1S/C21H16ClN5S/c22-16-9-6-14(7-10-16)20-24-17-11-8-15(12-18(17)25-20)19(26-27-21(23)28)13-4-2-1-3-5-13/h1-12H,(H,24,25)(H3,23,27,28)/b26-19-. The molecule has 28 heavy (non-hydrogen) atoms. The third-order valence-electron chi connectivity index (χ3n) is 4.20. The molecule has 0 radical (unpaired) electrons. The van der Waals surface area contributed by atoms with Gasteiger partial charge in [0.15, 0.2) is 5.11 Å². The van der Waals surface area contributed by atoms with Crippen molar-refractivity contribution in [3.05, 3.63) is 88.9 Å². The summed E-state index contributed by atoms with van der Waals surface area (Å²) < 4.78 is 0. The lowest BCUT2D eigenvalue weighted by Gasteiger charge is -2.08. The molecule has 5 nitrogen and oxygen atoms in total. The van der Waals surface area contributed by atoms with Crippen LogP contribution in [-0.4, -0.2) is 20.8 Å². The average molecular weight is 406 g/mol. The van der Waals surface area contributed by atoms with Crippen molar-refractivity contribution in [3.8, 4) is 11.4 Å². The molecular weight excluding hydrogens is 390 g/mol. The van der Waals surface area contributed by atoms with E-state index in [0.29, 0.717) is 5.02 Å². The predicted octanol–water partition coefficient (Wildman–Crippen LogP) is 4.47. The number of thiocarbonyl (C=S) groups is 1. The Balaban J connectivity index is 1.77. The monoisotopic (exact) mass is 405 g/mol. The first-order chi connectivity index (χ1) is 13.6. The second-order valence-electron chi connectivity index (χ2n) is 6.13. The molecule has 4 aromatic rings. The van der Waals surface area contributed by atoms with Crippen LogP contribution in [0.15, 0.2) is 77.9 Å². The predicted molar refractivity (Wildman–Crippen MR) is 119 cm³/mol. The Morgan fingerprint density at radius 3 is 2.46 bits per heavy atom. The van der Waals surface area contributed by atoms with Crippen LogP contribution in [0.5, 0.6) is 0 Å². The van der Waals surface area contributed by atoms with Gasteiger partial charge in [0.1, 0.15) is 5.82 Å². The van der Waals surface area contributed by atoms with Gasteiger partial charge in [0, 0.05) is 21.7 Å². The number of fused-ring (bicyclic) bond motifs is 1. The van der Waals surface area contributed by atoms with E-state index in [1.54, 1.807) is 0 Å². The fourth-order valence-corrected chi connectivity index (χ4v) is 3.08. The molecule has 0 saturated carbocycles. The summed E-state index contributed by atoms with van der Waals surface area (Å²) in [7, 11) is 0. The van der Waals surface area contributed by atoms with E-state index in [-0.39, 0.29) is 5.11 Å². The van der Waals surface area contributed by atoms with E-state index in [4.69, 9.17) is 29.6 Å². The number of aromatic nitrogens is 2. The summed E-state index contributed by atoms with van der Waals surface area (Å²) in [4.78, 5) is 8.03. The number of rotatable bonds is 4. The van der Waals surface area contributed by atoms with Gasteiger partial charge in [-0.1, -0.05) is 48.0 Å². The zero-order valence-electron chi connectivity index (χ0n) is 14.7. The molecule has 0 spiro atoms. The maximum atomic E-state index is 5.98. The molecule has 4 rings (SSSR count). The Hall–Kier alpha value is -3.22. The van der Waals surface area contributed by atoms with Gasteiger partial charge in [0.05, 0.1) is 16.7 Å². The highest BCUT2D eigenvalue weighted by Gasteiger charge is 2.11. The summed E-state index contributed by atoms with van der Waals surface area (Å²) in [6.07, 6.45) is 0. The van der Waals surface area contributed by atoms with Gasteiger partial charge in [-0.25, -0.2) is 4.98 Å². The maximum absolute atomic E-state index is 5.98. The van der Waals surface area contributed by atoms with Crippen LogP contribution in [0.25, 0.3) is 22.4 Å². The molecule has 7 heteroatoms. The first kappa shape index (κ1) is 18.2. The highest BCUT2D eigenvalue weighted by molar-refractivity contribution is 7.80. The minimum atomic E-state index is 0.112. The Bertz CT molecular complexity index is 1170. The van der Waals surface area contributed by atoms with Crippen molar-refractivity contribution in [2.45, 2.75) is 0 Å². The molecular formula is C21H16ClN5S. The second kappa shape index (κ2) is 7.80. The fraction of sp³-hybridized carbons (Fsp3) is 0. The summed E-state index contributed by atoms with van der Waals surface area (Å²) in [5.74, 6) is 0.781. The largest absolute Gasteiger partial charge is 0.375 e. The maximum Gasteiger partial charge on any atom is 0.184 e. The van der Waals surface area contributed by atoms with E-state index in [2.05, 4.69) is 20.5 Å². The minimum absolute atomic E-state index is 0.112. The lowest BCUT2D eigenvalue weighted by molar-refractivity contribution is 1.03. The van der Waals surface area contributed by atoms with E-state index < -0.39 is 0 Å². The van der Waals surface area contributed by atoms with Crippen LogP contribution in [0.3, 0.4) is 0 Å². The lowest BCUT2D eigenvalue weighted by atomic mass is 10.0. The summed E-state index contributed by atoms with van der Waals surface area (Å²) in [6, 6.07) is 23.3. The summed E-state index contributed by atoms with van der Waals surface area (Å²) >= 11 is 10.9. The number of hydrazone groups is 1. The summed E-state index contributed by atoms with van der Waals surface area (Å²) in [6.45, 7) is 0. The van der Waals surface area contributed by atoms with E-state index in [1.165, 1.54) is 0 Å². The molecule has 0 aliphatic rings. The molecule has 0 fully saturated rings. The Morgan fingerprint density at radius 1 is 1.00 bits per heavy atom. The molecule has 0 aliphatic heterocycles. The fourth-order valence-electron chi connectivity index (χ4n) is 2.90. The highest BCUT2D eigenvalue weighted by atomic mass is 35.5. The van der Waals surface area contributed by atoms with Crippen LogP contribution < -0.4 is 11.2 Å². The van der Waals surface area contributed by atoms with Crippen molar-refractivity contribution < 1.29 is 0 Å². The zero-order chi connectivity index (χ0) is 19.5. The number of imidazole rings is 1. The van der Waals surface area contributed by atoms with Gasteiger partial charge in [-0.15, -0.1) is 0 Å². The molecule has 0 amide bonds. The molecule has 0 bridgehead atoms. The van der Waals surface area contributed by atoms with Crippen molar-refractivity contribution >= 4 is 45.7 Å². The zero-order valence-corrected chi connectivity index (χ0v) is 16.3. The highest BCUT2D eigenvalue weighted by Crippen LogP contribution is 2.23. The van der Waals surface area contributed by atoms with Gasteiger partial charge in [-0.3, -0.25) is 5.43 Å². The number of nitrogens with zero attached hydrogens (tertiary/aromatic N) is 2. The molecule has 1 heterocycles. The van der Waals surface area contributed by atoms with Crippen molar-refractivity contribution in [3.63, 3.8) is 0 Å². The topological polar surface area (TPSA) is 79.1 Å². The van der Waals surface area contributed by atoms with E-state index in [0.717, 1.165) is 39.3 Å². The number of H-pyrrole nitrogens is 1. The molecule has 4 N–H and O–H groups in total. The Morgan fingerprint density at radius 2 is 1.75 bits per heavy atom. The smallest absolute Gasteiger partial charge is 0.184 e. The van der Waals surface area contributed by atoms with Crippen LogP contribution >= 0.6 is 23.8 Å². The summed E-state index contributed by atoms with van der Waals surface area (Å²) in [5, 5.41) is 5.20. The van der Waals surface area contributed by atoms with Gasteiger partial charge >= 0.3 is 0 Å².